The van der Waals surface area contributed by atoms with Crippen LogP contribution in [0.15, 0.2) is 47.4 Å². The molecule has 0 bridgehead atoms. The normalized spacial score (nSPS) is 18.6. The lowest BCUT2D eigenvalue weighted by Crippen LogP contribution is -2.42. The highest BCUT2D eigenvalue weighted by Crippen LogP contribution is 2.29. The largest absolute Gasteiger partial charge is 0.497 e. The van der Waals surface area contributed by atoms with Crippen molar-refractivity contribution >= 4 is 10.0 Å². The topological polar surface area (TPSA) is 55.8 Å². The maximum atomic E-state index is 13.2. The molecule has 1 fully saturated rings. The van der Waals surface area contributed by atoms with Gasteiger partial charge >= 0.3 is 0 Å². The Labute approximate surface area is 162 Å². The van der Waals surface area contributed by atoms with Gasteiger partial charge in [0.25, 0.3) is 0 Å². The van der Waals surface area contributed by atoms with Crippen molar-refractivity contribution in [1.82, 2.24) is 4.31 Å². The summed E-state index contributed by atoms with van der Waals surface area (Å²) in [5, 5.41) is 0. The van der Waals surface area contributed by atoms with Crippen LogP contribution in [0.1, 0.15) is 42.6 Å². The highest BCUT2D eigenvalue weighted by Gasteiger charge is 2.32. The molecule has 2 aromatic rings. The molecule has 0 aliphatic carbocycles. The smallest absolute Gasteiger partial charge is 0.243 e. The Bertz CT molecular complexity index is 891. The first-order chi connectivity index (χ1) is 12.8. The number of methoxy groups -OCH3 is 1. The Morgan fingerprint density at radius 2 is 1.85 bits per heavy atom. The SMILES string of the molecule is COc1ccc(S(=O)(=O)N2CCOC(c3ccc(C(C)C)cc3)C2)c(C)c1. The molecule has 1 saturated heterocycles. The van der Waals surface area contributed by atoms with E-state index < -0.39 is 10.0 Å². The van der Waals surface area contributed by atoms with Crippen LogP contribution in [0, 0.1) is 6.92 Å². The number of sulfonamides is 1. The third kappa shape index (κ3) is 4.18. The maximum absolute atomic E-state index is 13.2. The fourth-order valence-electron chi connectivity index (χ4n) is 3.32. The van der Waals surface area contributed by atoms with Crippen LogP contribution in [-0.4, -0.2) is 39.5 Å². The van der Waals surface area contributed by atoms with Gasteiger partial charge < -0.3 is 9.47 Å². The van der Waals surface area contributed by atoms with Gasteiger partial charge in [-0.1, -0.05) is 38.1 Å². The zero-order valence-corrected chi connectivity index (χ0v) is 17.1. The molecule has 146 valence electrons. The molecule has 27 heavy (non-hydrogen) atoms. The lowest BCUT2D eigenvalue weighted by Gasteiger charge is -2.33. The summed E-state index contributed by atoms with van der Waals surface area (Å²) in [5.41, 5.74) is 2.94. The molecule has 0 spiro atoms. The molecule has 3 rings (SSSR count). The molecular formula is C21H27NO4S. The van der Waals surface area contributed by atoms with Gasteiger partial charge in [-0.25, -0.2) is 8.42 Å². The molecule has 0 saturated carbocycles. The second-order valence-electron chi connectivity index (χ2n) is 7.18. The van der Waals surface area contributed by atoms with Gasteiger partial charge in [0.15, 0.2) is 0 Å². The molecule has 0 N–H and O–H groups in total. The number of nitrogens with zero attached hydrogens (tertiary/aromatic N) is 1. The van der Waals surface area contributed by atoms with Gasteiger partial charge in [-0.15, -0.1) is 0 Å². The van der Waals surface area contributed by atoms with Gasteiger partial charge in [-0.2, -0.15) is 4.31 Å². The van der Waals surface area contributed by atoms with Crippen LogP contribution in [0.5, 0.6) is 5.75 Å². The Hall–Kier alpha value is -1.89. The predicted molar refractivity (Wildman–Crippen MR) is 106 cm³/mol. The zero-order chi connectivity index (χ0) is 19.6. The molecule has 0 amide bonds. The number of hydrogen-bond donors (Lipinski definition) is 0. The van der Waals surface area contributed by atoms with E-state index in [0.29, 0.717) is 41.8 Å². The van der Waals surface area contributed by atoms with E-state index in [4.69, 9.17) is 9.47 Å². The predicted octanol–water partition coefficient (Wildman–Crippen LogP) is 3.89. The summed E-state index contributed by atoms with van der Waals surface area (Å²) < 4.78 is 38.9. The summed E-state index contributed by atoms with van der Waals surface area (Å²) in [6.45, 7) is 7.14. The van der Waals surface area contributed by atoms with Crippen LogP contribution in [0.4, 0.5) is 0 Å². The molecule has 1 heterocycles. The maximum Gasteiger partial charge on any atom is 0.243 e. The number of hydrogen-bond acceptors (Lipinski definition) is 4. The minimum Gasteiger partial charge on any atom is -0.497 e. The highest BCUT2D eigenvalue weighted by atomic mass is 32.2. The second kappa shape index (κ2) is 8.00. The summed E-state index contributed by atoms with van der Waals surface area (Å²) in [7, 11) is -2.01. The van der Waals surface area contributed by atoms with E-state index in [1.54, 1.807) is 32.2 Å². The zero-order valence-electron chi connectivity index (χ0n) is 16.3. The first kappa shape index (κ1) is 19.9. The van der Waals surface area contributed by atoms with Gasteiger partial charge in [0.1, 0.15) is 5.75 Å². The van der Waals surface area contributed by atoms with Crippen molar-refractivity contribution in [3.05, 3.63) is 59.2 Å². The summed E-state index contributed by atoms with van der Waals surface area (Å²) in [5.74, 6) is 1.11. The number of rotatable bonds is 5. The third-order valence-corrected chi connectivity index (χ3v) is 7.03. The first-order valence-electron chi connectivity index (χ1n) is 9.19. The number of morpholine rings is 1. The van der Waals surface area contributed by atoms with Crippen LogP contribution in [-0.2, 0) is 14.8 Å². The average molecular weight is 390 g/mol. The van der Waals surface area contributed by atoms with Gasteiger partial charge in [-0.3, -0.25) is 0 Å². The lowest BCUT2D eigenvalue weighted by atomic mass is 10.00. The number of benzene rings is 2. The molecule has 6 heteroatoms. The van der Waals surface area contributed by atoms with Gasteiger partial charge in [-0.05, 0) is 47.7 Å². The van der Waals surface area contributed by atoms with E-state index in [1.807, 2.05) is 12.1 Å². The van der Waals surface area contributed by atoms with E-state index in [1.165, 1.54) is 9.87 Å². The monoisotopic (exact) mass is 389 g/mol. The van der Waals surface area contributed by atoms with E-state index in [-0.39, 0.29) is 6.10 Å². The minimum absolute atomic E-state index is 0.256. The Balaban J connectivity index is 1.82. The third-order valence-electron chi connectivity index (χ3n) is 5.00. The molecular weight excluding hydrogens is 362 g/mol. The summed E-state index contributed by atoms with van der Waals surface area (Å²) in [6.07, 6.45) is -0.256. The van der Waals surface area contributed by atoms with E-state index in [9.17, 15) is 8.42 Å². The number of ether oxygens (including phenoxy) is 2. The van der Waals surface area contributed by atoms with Crippen molar-refractivity contribution in [2.75, 3.05) is 26.8 Å². The standard InChI is InChI=1S/C21H27NO4S/c1-15(2)17-5-7-18(8-6-17)20-14-22(11-12-26-20)27(23,24)21-10-9-19(25-4)13-16(21)3/h5-10,13,15,20H,11-12,14H2,1-4H3. The van der Waals surface area contributed by atoms with Crippen LogP contribution in [0.2, 0.25) is 0 Å². The molecule has 0 radical (unpaired) electrons. The molecule has 5 nitrogen and oxygen atoms in total. The number of aryl methyl sites for hydroxylation is 1. The van der Waals surface area contributed by atoms with E-state index in [0.717, 1.165) is 5.56 Å². The quantitative estimate of drug-likeness (QED) is 0.778. The van der Waals surface area contributed by atoms with Crippen molar-refractivity contribution in [1.29, 1.82) is 0 Å². The van der Waals surface area contributed by atoms with Crippen molar-refractivity contribution in [2.24, 2.45) is 0 Å². The van der Waals surface area contributed by atoms with Gasteiger partial charge in [0.2, 0.25) is 10.0 Å². The second-order valence-corrected chi connectivity index (χ2v) is 9.08. The molecule has 1 aliphatic rings. The Kier molecular flexibility index (Phi) is 5.89. The lowest BCUT2D eigenvalue weighted by molar-refractivity contribution is -0.00257. The molecule has 1 aliphatic heterocycles. The van der Waals surface area contributed by atoms with Crippen molar-refractivity contribution in [2.45, 2.75) is 37.7 Å². The van der Waals surface area contributed by atoms with Crippen molar-refractivity contribution in [3.63, 3.8) is 0 Å². The van der Waals surface area contributed by atoms with E-state index >= 15 is 0 Å². The molecule has 2 aromatic carbocycles. The Morgan fingerprint density at radius 1 is 1.15 bits per heavy atom. The average Bonchev–Trinajstić information content (AvgIpc) is 2.67. The Morgan fingerprint density at radius 3 is 2.44 bits per heavy atom. The fourth-order valence-corrected chi connectivity index (χ4v) is 4.95. The summed E-state index contributed by atoms with van der Waals surface area (Å²) >= 11 is 0. The van der Waals surface area contributed by atoms with Crippen LogP contribution in [0.25, 0.3) is 0 Å². The van der Waals surface area contributed by atoms with Gasteiger partial charge in [0, 0.05) is 13.1 Å². The highest BCUT2D eigenvalue weighted by molar-refractivity contribution is 7.89. The molecule has 1 unspecified atom stereocenters. The van der Waals surface area contributed by atoms with Crippen LogP contribution in [0.3, 0.4) is 0 Å². The van der Waals surface area contributed by atoms with E-state index in [2.05, 4.69) is 26.0 Å². The van der Waals surface area contributed by atoms with Crippen molar-refractivity contribution < 1.29 is 17.9 Å². The summed E-state index contributed by atoms with van der Waals surface area (Å²) in [4.78, 5) is 0.319. The van der Waals surface area contributed by atoms with Gasteiger partial charge in [0.05, 0.1) is 24.7 Å². The summed E-state index contributed by atoms with van der Waals surface area (Å²) in [6, 6.07) is 13.3. The molecule has 0 aromatic heterocycles. The minimum atomic E-state index is -3.58. The first-order valence-corrected chi connectivity index (χ1v) is 10.6. The van der Waals surface area contributed by atoms with Crippen LogP contribution < -0.4 is 4.74 Å². The van der Waals surface area contributed by atoms with Crippen molar-refractivity contribution in [3.8, 4) is 5.75 Å². The molecule has 1 atom stereocenters. The van der Waals surface area contributed by atoms with Crippen LogP contribution >= 0.6 is 0 Å². The fraction of sp³-hybridized carbons (Fsp3) is 0.429.